The molecule has 0 bridgehead atoms. The molecule has 0 unspecified atom stereocenters. The number of hydrazone groups is 1. The van der Waals surface area contributed by atoms with E-state index < -0.39 is 12.1 Å². The summed E-state index contributed by atoms with van der Waals surface area (Å²) >= 11 is 5.92. The zero-order valence-corrected chi connectivity index (χ0v) is 17.1. The molecule has 4 rings (SSSR count). The molecular formula is C24H21ClN3O2+. The van der Waals surface area contributed by atoms with Crippen LogP contribution in [0.5, 0.6) is 0 Å². The molecule has 0 saturated carbocycles. The Balaban J connectivity index is 1.69. The van der Waals surface area contributed by atoms with Crippen LogP contribution in [0.3, 0.4) is 0 Å². The van der Waals surface area contributed by atoms with Crippen LogP contribution in [0, 0.1) is 6.92 Å². The highest BCUT2D eigenvalue weighted by Gasteiger charge is 2.47. The molecule has 1 saturated heterocycles. The molecule has 3 aromatic carbocycles. The van der Waals surface area contributed by atoms with Crippen LogP contribution in [0.2, 0.25) is 5.02 Å². The van der Waals surface area contributed by atoms with E-state index in [4.69, 9.17) is 11.6 Å². The summed E-state index contributed by atoms with van der Waals surface area (Å²) in [6, 6.07) is 23.1. The second kappa shape index (κ2) is 8.51. The number of carbonyl (C=O) groups excluding carboxylic acids is 2. The van der Waals surface area contributed by atoms with Gasteiger partial charge in [0.1, 0.15) is 0 Å². The number of hydrogen-bond acceptors (Lipinski definition) is 2. The molecule has 1 aliphatic rings. The van der Waals surface area contributed by atoms with E-state index in [1.165, 1.54) is 0 Å². The van der Waals surface area contributed by atoms with E-state index in [1.807, 2.05) is 67.7 Å². The quantitative estimate of drug-likeness (QED) is 0.635. The molecule has 3 aromatic rings. The first-order valence-corrected chi connectivity index (χ1v) is 10.0. The molecule has 1 heterocycles. The Morgan fingerprint density at radius 2 is 1.67 bits per heavy atom. The first kappa shape index (κ1) is 19.9. The summed E-state index contributed by atoms with van der Waals surface area (Å²) in [4.78, 5) is 25.6. The van der Waals surface area contributed by atoms with Gasteiger partial charge in [-0.05, 0) is 43.3 Å². The predicted octanol–water partition coefficient (Wildman–Crippen LogP) is 3.66. The normalized spacial score (nSPS) is 19.5. The maximum atomic E-state index is 12.8. The third-order valence-corrected chi connectivity index (χ3v) is 5.29. The molecule has 150 valence electrons. The number of benzene rings is 3. The van der Waals surface area contributed by atoms with Gasteiger partial charge in [0.2, 0.25) is 12.3 Å². The number of aryl methyl sites for hydroxylation is 1. The zero-order valence-electron chi connectivity index (χ0n) is 16.4. The van der Waals surface area contributed by atoms with Gasteiger partial charge >= 0.3 is 5.91 Å². The van der Waals surface area contributed by atoms with Crippen LogP contribution in [-0.2, 0) is 4.79 Å². The molecule has 2 amide bonds. The topological polar surface area (TPSA) is 61.2 Å². The fourth-order valence-electron chi connectivity index (χ4n) is 3.47. The van der Waals surface area contributed by atoms with Crippen molar-refractivity contribution in [1.29, 1.82) is 0 Å². The van der Waals surface area contributed by atoms with Gasteiger partial charge in [0, 0.05) is 21.7 Å². The van der Waals surface area contributed by atoms with Gasteiger partial charge in [0.05, 0.1) is 0 Å². The lowest BCUT2D eigenvalue weighted by Crippen LogP contribution is -2.42. The summed E-state index contributed by atoms with van der Waals surface area (Å²) < 4.78 is 1.76. The fourth-order valence-corrected chi connectivity index (χ4v) is 3.60. The number of nitrogens with zero attached hydrogens (tertiary/aromatic N) is 1. The van der Waals surface area contributed by atoms with Crippen LogP contribution in [-0.4, -0.2) is 28.8 Å². The largest absolute Gasteiger partial charge is 0.334 e. The maximum Gasteiger partial charge on any atom is 0.304 e. The van der Waals surface area contributed by atoms with Gasteiger partial charge in [-0.15, -0.1) is 10.1 Å². The molecule has 0 aromatic heterocycles. The van der Waals surface area contributed by atoms with E-state index in [1.54, 1.807) is 28.9 Å². The van der Waals surface area contributed by atoms with Crippen molar-refractivity contribution in [3.8, 4) is 0 Å². The minimum absolute atomic E-state index is 0.268. The Morgan fingerprint density at radius 1 is 1.00 bits per heavy atom. The van der Waals surface area contributed by atoms with Crippen molar-refractivity contribution < 1.29 is 14.3 Å². The molecule has 1 aliphatic heterocycles. The maximum absolute atomic E-state index is 12.8. The average Bonchev–Trinajstić information content (AvgIpc) is 3.04. The molecular weight excluding hydrogens is 398 g/mol. The summed E-state index contributed by atoms with van der Waals surface area (Å²) in [6.07, 6.45) is 1.87. The van der Waals surface area contributed by atoms with E-state index in [0.29, 0.717) is 10.6 Å². The van der Waals surface area contributed by atoms with Crippen LogP contribution in [0.25, 0.3) is 0 Å². The summed E-state index contributed by atoms with van der Waals surface area (Å²) in [5.74, 6) is -0.597. The summed E-state index contributed by atoms with van der Waals surface area (Å²) in [7, 11) is 0. The van der Waals surface area contributed by atoms with E-state index in [-0.39, 0.29) is 11.8 Å². The van der Waals surface area contributed by atoms with E-state index in [0.717, 1.165) is 16.7 Å². The highest BCUT2D eigenvalue weighted by molar-refractivity contribution is 6.30. The Hall–Kier alpha value is -3.44. The third kappa shape index (κ3) is 4.26. The highest BCUT2D eigenvalue weighted by atomic mass is 35.5. The first-order chi connectivity index (χ1) is 14.5. The number of carbonyl (C=O) groups is 2. The van der Waals surface area contributed by atoms with Crippen LogP contribution in [0.4, 0.5) is 0 Å². The van der Waals surface area contributed by atoms with Gasteiger partial charge in [0.15, 0.2) is 6.04 Å². The van der Waals surface area contributed by atoms with Crippen molar-refractivity contribution in [2.24, 2.45) is 0 Å². The Kier molecular flexibility index (Phi) is 5.63. The van der Waals surface area contributed by atoms with Crippen molar-refractivity contribution in [2.75, 3.05) is 0 Å². The number of halogens is 1. The van der Waals surface area contributed by atoms with Gasteiger partial charge < -0.3 is 5.32 Å². The van der Waals surface area contributed by atoms with Gasteiger partial charge in [-0.3, -0.25) is 9.59 Å². The van der Waals surface area contributed by atoms with Crippen molar-refractivity contribution in [3.63, 3.8) is 0 Å². The lowest BCUT2D eigenvalue weighted by atomic mass is 9.98. The molecule has 0 aliphatic carbocycles. The van der Waals surface area contributed by atoms with Crippen molar-refractivity contribution in [1.82, 2.24) is 10.7 Å². The molecule has 0 radical (unpaired) electrons. The SMILES string of the molecule is Cc1ccc([C@@H]2[C@H](NC(=O)c3ccc(Cl)cc3)C(=O)N/[N+]2=C\c2ccccc2)cc1. The van der Waals surface area contributed by atoms with Crippen LogP contribution in [0.1, 0.15) is 33.1 Å². The number of hydrazine groups is 1. The van der Waals surface area contributed by atoms with Crippen molar-refractivity contribution in [3.05, 3.63) is 106 Å². The smallest absolute Gasteiger partial charge is 0.304 e. The second-order valence-corrected chi connectivity index (χ2v) is 7.67. The van der Waals surface area contributed by atoms with Gasteiger partial charge in [-0.1, -0.05) is 59.6 Å². The Labute approximate surface area is 180 Å². The van der Waals surface area contributed by atoms with Gasteiger partial charge in [-0.2, -0.15) is 0 Å². The molecule has 0 spiro atoms. The van der Waals surface area contributed by atoms with Crippen molar-refractivity contribution in [2.45, 2.75) is 19.0 Å². The molecule has 1 fully saturated rings. The summed E-state index contributed by atoms with van der Waals surface area (Å²) in [5, 5.41) is 3.44. The second-order valence-electron chi connectivity index (χ2n) is 7.24. The molecule has 5 nitrogen and oxygen atoms in total. The third-order valence-electron chi connectivity index (χ3n) is 5.04. The zero-order chi connectivity index (χ0) is 21.1. The lowest BCUT2D eigenvalue weighted by molar-refractivity contribution is -0.596. The monoisotopic (exact) mass is 418 g/mol. The lowest BCUT2D eigenvalue weighted by Gasteiger charge is -2.15. The minimum Gasteiger partial charge on any atom is -0.334 e. The predicted molar refractivity (Wildman–Crippen MR) is 117 cm³/mol. The minimum atomic E-state index is -0.754. The highest BCUT2D eigenvalue weighted by Crippen LogP contribution is 2.26. The summed E-state index contributed by atoms with van der Waals surface area (Å²) in [5.41, 5.74) is 6.32. The van der Waals surface area contributed by atoms with Gasteiger partial charge in [0.25, 0.3) is 5.91 Å². The van der Waals surface area contributed by atoms with E-state index in [9.17, 15) is 9.59 Å². The fraction of sp³-hybridized carbons (Fsp3) is 0.125. The Morgan fingerprint density at radius 3 is 2.33 bits per heavy atom. The van der Waals surface area contributed by atoms with Crippen molar-refractivity contribution >= 4 is 29.6 Å². The van der Waals surface area contributed by atoms with Crippen LogP contribution < -0.4 is 10.7 Å². The van der Waals surface area contributed by atoms with Crippen LogP contribution in [0.15, 0.2) is 78.9 Å². The van der Waals surface area contributed by atoms with E-state index in [2.05, 4.69) is 10.7 Å². The van der Waals surface area contributed by atoms with Crippen LogP contribution >= 0.6 is 11.6 Å². The number of nitrogens with one attached hydrogen (secondary N) is 2. The molecule has 6 heteroatoms. The number of hydrogen-bond donors (Lipinski definition) is 2. The standard InChI is InChI=1S/C24H20ClN3O2/c1-16-7-9-18(10-8-16)22-21(26-23(29)19-11-13-20(25)14-12-19)24(30)27-28(22)15-17-5-3-2-4-6-17/h2-15,21-22H,1H3,(H-,26,27,29,30)/p+1/b28-15-/t21-,22+/m0/s1. The molecule has 2 atom stereocenters. The number of rotatable bonds is 4. The van der Waals surface area contributed by atoms with Gasteiger partial charge in [-0.25, -0.2) is 0 Å². The Bertz CT molecular complexity index is 1090. The number of amides is 2. The molecule has 2 N–H and O–H groups in total. The first-order valence-electron chi connectivity index (χ1n) is 9.63. The average molecular weight is 419 g/mol. The molecule has 30 heavy (non-hydrogen) atoms. The van der Waals surface area contributed by atoms with E-state index >= 15 is 0 Å². The summed E-state index contributed by atoms with van der Waals surface area (Å²) in [6.45, 7) is 2.01.